The number of rotatable bonds is 47. The number of carboxylic acids is 1. The van der Waals surface area contributed by atoms with Gasteiger partial charge in [-0.15, -0.1) is 0 Å². The van der Waals surface area contributed by atoms with Crippen LogP contribution >= 0.6 is 0 Å². The first-order valence-corrected chi connectivity index (χ1v) is 33.1. The lowest BCUT2D eigenvalue weighted by molar-refractivity contribution is -0.384. The molecule has 4 rings (SSSR count). The zero-order chi connectivity index (χ0) is 78.0. The van der Waals surface area contributed by atoms with Crippen LogP contribution in [-0.2, 0) is 68.7 Å². The van der Waals surface area contributed by atoms with E-state index in [0.29, 0.717) is 42.7 Å². The van der Waals surface area contributed by atoms with E-state index in [4.69, 9.17) is 32.8 Å². The summed E-state index contributed by atoms with van der Waals surface area (Å²) in [6.07, 6.45) is 1.19. The molecule has 2 heterocycles. The van der Waals surface area contributed by atoms with Gasteiger partial charge in [-0.25, -0.2) is 0 Å². The number of aliphatic imine (C=N–C) groups is 1. The number of nitro groups is 1. The number of nitro benzene ring substituents is 1. The van der Waals surface area contributed by atoms with Crippen LogP contribution in [0.15, 0.2) is 63.8 Å². The first-order valence-electron chi connectivity index (χ1n) is 33.1. The van der Waals surface area contributed by atoms with Crippen LogP contribution in [-0.4, -0.2) is 232 Å². The van der Waals surface area contributed by atoms with E-state index in [1.54, 1.807) is 31.3 Å². The van der Waals surface area contributed by atoms with Crippen LogP contribution in [0.1, 0.15) is 117 Å². The van der Waals surface area contributed by atoms with E-state index in [1.165, 1.54) is 43.0 Å². The van der Waals surface area contributed by atoms with Crippen LogP contribution in [0.2, 0.25) is 0 Å². The number of nitrogens with one attached hydrogen (secondary N) is 9. The number of unbranched alkanes of at least 4 members (excludes halogenated alkanes) is 3. The predicted molar refractivity (Wildman–Crippen MR) is 370 cm³/mol. The number of aliphatic hydroxyl groups is 2. The highest BCUT2D eigenvalue weighted by molar-refractivity contribution is 6.23. The summed E-state index contributed by atoms with van der Waals surface area (Å²) in [5.41, 5.74) is 23.2. The number of aromatic hydroxyl groups is 1. The monoisotopic (exact) mass is 1470 g/mol. The third-order valence-corrected chi connectivity index (χ3v) is 15.7. The van der Waals surface area contributed by atoms with Gasteiger partial charge in [0.1, 0.15) is 42.3 Å². The highest BCUT2D eigenvalue weighted by atomic mass is 16.6. The number of amides is 13. The van der Waals surface area contributed by atoms with Gasteiger partial charge in [-0.3, -0.25) is 92.1 Å². The first-order chi connectivity index (χ1) is 49.7. The number of azo groups is 1. The molecule has 7 atom stereocenters. The molecule has 572 valence electrons. The molecule has 1 aliphatic rings. The molecule has 41 heteroatoms. The average Bonchev–Trinajstić information content (AvgIpc) is 1.61. The lowest BCUT2D eigenvalue weighted by atomic mass is 10.0. The van der Waals surface area contributed by atoms with Crippen molar-refractivity contribution in [3.63, 3.8) is 0 Å². The standard InChI is InChI=1S/C64H90N20O21/c1-34-52-53(54(93)41(72-34)11-6-5-7-14-51(91)92)63(102)83(62(52)101)26-28-105-27-23-48(88)69-24-9-8-12-42(55(66)94)77-56(95)35(2)73-60(99)44(29-47(65)87)78-57(96)36(3)74-61(100)46(33-86)79-59(98)43(13-10-25-70-64(67)68)75-49(89)30-71-58(97)45(32-85)76-50(90)31-82(4)39-19-15-37(16-20-39)80-81-38-17-21-40(22-18-38)84(103)104/h15-22,35-36,42-46,85-86,93H,5-14,23-33H2,1-4H3,(H2,65,87)(H2,66,94)(H,69,88)(H,71,97)(H,73,99)(H,74,100)(H,75,89)(H,76,90)(H,77,95)(H,78,96)(H,79,98)(H,91,92)(H4,67,68,70)/t35-,36-,42-,43-,44-,45-,46-/m0/s1. The molecule has 0 spiro atoms. The van der Waals surface area contributed by atoms with Crippen LogP contribution in [0, 0.1) is 17.0 Å². The van der Waals surface area contributed by atoms with Gasteiger partial charge >= 0.3 is 5.97 Å². The van der Waals surface area contributed by atoms with Gasteiger partial charge in [0, 0.05) is 50.8 Å². The third-order valence-electron chi connectivity index (χ3n) is 15.7. The number of carbonyl (C=O) groups is 14. The summed E-state index contributed by atoms with van der Waals surface area (Å²) in [5, 5.41) is 80.0. The first kappa shape index (κ1) is 85.5. The predicted octanol–water partition coefficient (Wildman–Crippen LogP) is -4.02. The van der Waals surface area contributed by atoms with Crippen LogP contribution < -0.4 is 75.7 Å². The van der Waals surface area contributed by atoms with E-state index in [1.807, 2.05) is 0 Å². The van der Waals surface area contributed by atoms with Gasteiger partial charge in [0.15, 0.2) is 11.7 Å². The number of benzene rings is 2. The zero-order valence-electron chi connectivity index (χ0n) is 58.2. The molecule has 13 amide bonds. The second kappa shape index (κ2) is 43.2. The number of pyridine rings is 1. The van der Waals surface area contributed by atoms with E-state index in [0.717, 1.165) is 11.8 Å². The number of non-ortho nitro benzene ring substituents is 1. The minimum absolute atomic E-state index is 0.00661. The fourth-order valence-electron chi connectivity index (χ4n) is 10.0. The Kier molecular flexibility index (Phi) is 35.2. The Morgan fingerprint density at radius 1 is 0.629 bits per heavy atom. The molecular weight excluding hydrogens is 1380 g/mol. The van der Waals surface area contributed by atoms with Crippen molar-refractivity contribution in [3.05, 3.63) is 81.2 Å². The van der Waals surface area contributed by atoms with Gasteiger partial charge < -0.3 is 101 Å². The van der Waals surface area contributed by atoms with E-state index in [2.05, 4.69) is 68.1 Å². The van der Waals surface area contributed by atoms with Crippen molar-refractivity contribution < 1.29 is 97.2 Å². The number of ether oxygens (including phenoxy) is 1. The van der Waals surface area contributed by atoms with E-state index < -0.39 is 162 Å². The number of hydrogen-bond acceptors (Lipinski definition) is 25. The number of guanidine groups is 1. The van der Waals surface area contributed by atoms with E-state index >= 15 is 0 Å². The smallest absolute Gasteiger partial charge is 0.303 e. The molecule has 0 unspecified atom stereocenters. The summed E-state index contributed by atoms with van der Waals surface area (Å²) < 4.78 is 5.51. The van der Waals surface area contributed by atoms with Crippen molar-refractivity contribution in [1.29, 1.82) is 0 Å². The Labute approximate surface area is 600 Å². The Morgan fingerprint density at radius 3 is 1.76 bits per heavy atom. The SMILES string of the molecule is Cc1nc(CCCCCC(=O)O)c(O)c2c1C(=O)N(CCOCCC(=O)NCCCC[C@H](NC(=O)[C@H](C)NC(=O)[C@H](CC(N)=O)NC(=O)[C@H](C)NC(=O)[C@H](CO)NC(=O)[C@H](CCCN=C(N)N)NC(=O)CNC(=O)[C@H](CO)NC(=O)CN(C)c1ccc(N=Nc3ccc([N+](=O)[O-])cc3)cc1)C(N)=O)C2=O. The summed E-state index contributed by atoms with van der Waals surface area (Å²) in [6, 6.07) is 0.942. The number of aliphatic hydroxyl groups excluding tert-OH is 2. The van der Waals surface area contributed by atoms with Gasteiger partial charge in [0.2, 0.25) is 65.0 Å². The number of carboxylic acid groups (broad SMARTS) is 1. The van der Waals surface area contributed by atoms with Crippen LogP contribution in [0.5, 0.6) is 5.75 Å². The number of hydrogen-bond donors (Lipinski definition) is 17. The number of primary amides is 2. The Morgan fingerprint density at radius 2 is 1.18 bits per heavy atom. The van der Waals surface area contributed by atoms with Gasteiger partial charge in [0.25, 0.3) is 17.5 Å². The Balaban J connectivity index is 1.20. The van der Waals surface area contributed by atoms with Crippen molar-refractivity contribution in [2.24, 2.45) is 38.2 Å². The molecule has 2 aromatic carbocycles. The molecule has 0 radical (unpaired) electrons. The van der Waals surface area contributed by atoms with Crippen molar-refractivity contribution >= 4 is 111 Å². The molecule has 0 aliphatic carbocycles. The normalized spacial score (nSPS) is 13.6. The molecule has 0 fully saturated rings. The molecule has 41 nitrogen and oxygen atoms in total. The highest BCUT2D eigenvalue weighted by Gasteiger charge is 2.41. The molecule has 0 saturated carbocycles. The van der Waals surface area contributed by atoms with Crippen molar-refractivity contribution in [1.82, 2.24) is 57.7 Å². The van der Waals surface area contributed by atoms with E-state index in [-0.39, 0.29) is 119 Å². The number of aromatic nitrogens is 1. The number of anilines is 1. The van der Waals surface area contributed by atoms with Crippen LogP contribution in [0.3, 0.4) is 0 Å². The minimum Gasteiger partial charge on any atom is -0.505 e. The zero-order valence-corrected chi connectivity index (χ0v) is 58.2. The summed E-state index contributed by atoms with van der Waals surface area (Å²) in [5.74, 6) is -13.6. The fraction of sp³-hybridized carbons (Fsp3) is 0.500. The largest absolute Gasteiger partial charge is 0.505 e. The lowest BCUT2D eigenvalue weighted by Crippen LogP contribution is -2.60. The molecule has 3 aromatic rings. The molecule has 105 heavy (non-hydrogen) atoms. The number of fused-ring (bicyclic) bond motifs is 1. The molecular formula is C64H90N20O21. The van der Waals surface area contributed by atoms with Crippen molar-refractivity contribution in [2.45, 2.75) is 140 Å². The van der Waals surface area contributed by atoms with Crippen LogP contribution in [0.4, 0.5) is 22.7 Å². The number of likely N-dealkylation sites (N-methyl/N-ethyl adjacent to an activating group) is 1. The van der Waals surface area contributed by atoms with Crippen molar-refractivity contribution in [2.75, 3.05) is 71.1 Å². The lowest BCUT2D eigenvalue weighted by Gasteiger charge is -2.25. The summed E-state index contributed by atoms with van der Waals surface area (Å²) in [4.78, 5) is 202. The maximum absolute atomic E-state index is 13.7. The molecule has 0 saturated heterocycles. The molecule has 1 aromatic heterocycles. The number of aliphatic carboxylic acids is 1. The quantitative estimate of drug-likeness (QED) is 0.00487. The Bertz CT molecular complexity index is 3690. The number of aryl methyl sites for hydroxylation is 2. The Hall–Kier alpha value is -11.9. The fourth-order valence-corrected chi connectivity index (χ4v) is 10.0. The molecule has 1 aliphatic heterocycles. The number of nitrogens with two attached hydrogens (primary N) is 4. The second-order valence-corrected chi connectivity index (χ2v) is 24.0. The third kappa shape index (κ3) is 28.8. The maximum Gasteiger partial charge on any atom is 0.303 e. The number of carbonyl (C=O) groups excluding carboxylic acids is 13. The summed E-state index contributed by atoms with van der Waals surface area (Å²) in [7, 11) is 1.56. The minimum atomic E-state index is -1.81. The van der Waals surface area contributed by atoms with Gasteiger partial charge in [0.05, 0.1) is 91.3 Å². The van der Waals surface area contributed by atoms with E-state index in [9.17, 15) is 92.6 Å². The average molecular weight is 1480 g/mol. The number of imide groups is 1. The van der Waals surface area contributed by atoms with Gasteiger partial charge in [-0.05, 0) is 109 Å². The number of nitrogens with zero attached hydrogens (tertiary/aromatic N) is 7. The maximum atomic E-state index is 13.7. The topological polar surface area (TPSA) is 641 Å². The van der Waals surface area contributed by atoms with Gasteiger partial charge in [-0.2, -0.15) is 10.2 Å². The molecule has 0 bridgehead atoms. The van der Waals surface area contributed by atoms with Crippen molar-refractivity contribution in [3.8, 4) is 5.75 Å². The second-order valence-electron chi connectivity index (χ2n) is 24.0. The summed E-state index contributed by atoms with van der Waals surface area (Å²) in [6.45, 7) is 0.443. The highest BCUT2D eigenvalue weighted by Crippen LogP contribution is 2.35. The molecule has 21 N–H and O–H groups in total. The van der Waals surface area contributed by atoms with Crippen LogP contribution in [0.25, 0.3) is 0 Å². The van der Waals surface area contributed by atoms with Gasteiger partial charge in [-0.1, -0.05) is 6.42 Å². The summed E-state index contributed by atoms with van der Waals surface area (Å²) >= 11 is 0.